The number of fused-ring (bicyclic) bond motifs is 4. The van der Waals surface area contributed by atoms with Gasteiger partial charge in [0.1, 0.15) is 0 Å². The van der Waals surface area contributed by atoms with Gasteiger partial charge in [-0.15, -0.1) is 0 Å². The summed E-state index contributed by atoms with van der Waals surface area (Å²) >= 11 is 7.60. The number of imidazole rings is 1. The lowest BCUT2D eigenvalue weighted by Gasteiger charge is -2.05. The van der Waals surface area contributed by atoms with Crippen molar-refractivity contribution >= 4 is 55.9 Å². The monoisotopic (exact) mass is 441 g/mol. The number of aromatic nitrogens is 3. The molecule has 4 nitrogen and oxygen atoms in total. The van der Waals surface area contributed by atoms with Gasteiger partial charge in [0.05, 0.1) is 15.6 Å². The van der Waals surface area contributed by atoms with E-state index in [0.29, 0.717) is 11.1 Å². The molecule has 0 saturated heterocycles. The van der Waals surface area contributed by atoms with Gasteiger partial charge >= 0.3 is 0 Å². The fraction of sp³-hybridized carbons (Fsp3) is 0.0400. The molecule has 6 aromatic rings. The highest BCUT2D eigenvalue weighted by molar-refractivity contribution is 7.15. The van der Waals surface area contributed by atoms with Crippen LogP contribution < -0.4 is 10.1 Å². The van der Waals surface area contributed by atoms with Crippen molar-refractivity contribution in [3.8, 4) is 0 Å². The van der Waals surface area contributed by atoms with Crippen molar-refractivity contribution in [2.24, 2.45) is 0 Å². The predicted octanol–water partition coefficient (Wildman–Crippen LogP) is 5.11. The maximum absolute atomic E-state index is 13.2. The molecule has 0 aliphatic heterocycles. The highest BCUT2D eigenvalue weighted by Crippen LogP contribution is 2.24. The molecular weight excluding hydrogens is 426 g/mol. The van der Waals surface area contributed by atoms with E-state index in [-0.39, 0.29) is 5.56 Å². The molecule has 6 rings (SSSR count). The zero-order chi connectivity index (χ0) is 20.9. The third kappa shape index (κ3) is 3.05. The van der Waals surface area contributed by atoms with Gasteiger partial charge in [0, 0.05) is 34.2 Å². The molecule has 0 atom stereocenters. The summed E-state index contributed by atoms with van der Waals surface area (Å²) in [6, 6.07) is 23.9. The molecule has 0 spiro atoms. The number of thiazole rings is 1. The number of hydrogen-bond donors (Lipinski definition) is 0. The van der Waals surface area contributed by atoms with Gasteiger partial charge in [0.2, 0.25) is 0 Å². The van der Waals surface area contributed by atoms with Crippen LogP contribution in [0.3, 0.4) is 0 Å². The maximum Gasteiger partial charge on any atom is 0.274 e. The van der Waals surface area contributed by atoms with Crippen LogP contribution in [0, 0.1) is 0 Å². The van der Waals surface area contributed by atoms with E-state index >= 15 is 0 Å². The Hall–Kier alpha value is -3.41. The molecule has 0 bridgehead atoms. The Morgan fingerprint density at radius 2 is 1.77 bits per heavy atom. The fourth-order valence-corrected chi connectivity index (χ4v) is 5.30. The molecule has 3 heterocycles. The van der Waals surface area contributed by atoms with Crippen LogP contribution in [0.1, 0.15) is 11.1 Å². The highest BCUT2D eigenvalue weighted by atomic mass is 35.5. The Morgan fingerprint density at radius 3 is 2.65 bits per heavy atom. The highest BCUT2D eigenvalue weighted by Gasteiger charge is 2.12. The molecule has 0 N–H and O–H groups in total. The first-order chi connectivity index (χ1) is 15.2. The zero-order valence-corrected chi connectivity index (χ0v) is 17.9. The summed E-state index contributed by atoms with van der Waals surface area (Å²) in [5.74, 6) is 0. The number of benzene rings is 3. The van der Waals surface area contributed by atoms with Gasteiger partial charge < -0.3 is 4.57 Å². The summed E-state index contributed by atoms with van der Waals surface area (Å²) in [6.45, 7) is 0.706. The first-order valence-corrected chi connectivity index (χ1v) is 11.1. The lowest BCUT2D eigenvalue weighted by atomic mass is 10.2. The molecule has 0 aliphatic rings. The van der Waals surface area contributed by atoms with Crippen LogP contribution >= 0.6 is 22.9 Å². The number of para-hydroxylation sites is 3. The number of nitrogens with zero attached hydrogens (tertiary/aromatic N) is 3. The summed E-state index contributed by atoms with van der Waals surface area (Å²) in [5, 5.41) is 1.84. The van der Waals surface area contributed by atoms with Gasteiger partial charge in [0.15, 0.2) is 4.96 Å². The predicted molar refractivity (Wildman–Crippen MR) is 128 cm³/mol. The SMILES string of the molecule is O=c1/c(=C\c2cn(Cc3cccc(Cl)c3)c3ccccc23)sc2nc3ccccc3n12. The first kappa shape index (κ1) is 18.4. The quantitative estimate of drug-likeness (QED) is 0.382. The summed E-state index contributed by atoms with van der Waals surface area (Å²) in [5.41, 5.74) is 4.93. The van der Waals surface area contributed by atoms with E-state index in [4.69, 9.17) is 11.6 Å². The lowest BCUT2D eigenvalue weighted by molar-refractivity contribution is 0.836. The van der Waals surface area contributed by atoms with Crippen molar-refractivity contribution in [3.05, 3.63) is 110 Å². The van der Waals surface area contributed by atoms with Crippen LogP contribution in [0.25, 0.3) is 33.0 Å². The van der Waals surface area contributed by atoms with Gasteiger partial charge in [-0.05, 0) is 42.0 Å². The average molecular weight is 442 g/mol. The van der Waals surface area contributed by atoms with Crippen molar-refractivity contribution in [2.75, 3.05) is 0 Å². The Bertz CT molecular complexity index is 1710. The molecule has 0 saturated carbocycles. The summed E-state index contributed by atoms with van der Waals surface area (Å²) < 4.78 is 4.58. The van der Waals surface area contributed by atoms with Gasteiger partial charge in [-0.2, -0.15) is 0 Å². The fourth-order valence-electron chi connectivity index (χ4n) is 4.11. The minimum Gasteiger partial charge on any atom is -0.342 e. The largest absolute Gasteiger partial charge is 0.342 e. The topological polar surface area (TPSA) is 39.3 Å². The third-order valence-electron chi connectivity index (χ3n) is 5.49. The van der Waals surface area contributed by atoms with Crippen molar-refractivity contribution in [3.63, 3.8) is 0 Å². The minimum absolute atomic E-state index is 0.0274. The second-order valence-corrected chi connectivity index (χ2v) is 8.94. The molecule has 0 fully saturated rings. The van der Waals surface area contributed by atoms with Gasteiger partial charge in [0.25, 0.3) is 5.56 Å². The third-order valence-corrected chi connectivity index (χ3v) is 6.70. The zero-order valence-electron chi connectivity index (χ0n) is 16.3. The molecule has 0 radical (unpaired) electrons. The summed E-state index contributed by atoms with van der Waals surface area (Å²) in [4.78, 5) is 18.5. The van der Waals surface area contributed by atoms with Crippen LogP contribution in [-0.2, 0) is 6.54 Å². The van der Waals surface area contributed by atoms with Crippen molar-refractivity contribution < 1.29 is 0 Å². The van der Waals surface area contributed by atoms with E-state index in [2.05, 4.69) is 33.9 Å². The molecule has 3 aromatic heterocycles. The van der Waals surface area contributed by atoms with Crippen LogP contribution in [0.4, 0.5) is 0 Å². The van der Waals surface area contributed by atoms with Crippen LogP contribution in [0.2, 0.25) is 5.02 Å². The molecule has 3 aromatic carbocycles. The van der Waals surface area contributed by atoms with Gasteiger partial charge in [-0.3, -0.25) is 4.79 Å². The second-order valence-electron chi connectivity index (χ2n) is 7.49. The van der Waals surface area contributed by atoms with Gasteiger partial charge in [-0.25, -0.2) is 9.38 Å². The van der Waals surface area contributed by atoms with E-state index in [9.17, 15) is 4.79 Å². The van der Waals surface area contributed by atoms with Crippen LogP contribution in [-0.4, -0.2) is 14.0 Å². The number of hydrogen-bond acceptors (Lipinski definition) is 3. The smallest absolute Gasteiger partial charge is 0.274 e. The van der Waals surface area contributed by atoms with Crippen LogP contribution in [0.5, 0.6) is 0 Å². The molecule has 6 heteroatoms. The Balaban J connectivity index is 1.53. The molecular formula is C25H16ClN3OS. The van der Waals surface area contributed by atoms with Crippen molar-refractivity contribution in [2.45, 2.75) is 6.54 Å². The van der Waals surface area contributed by atoms with Crippen LogP contribution in [0.15, 0.2) is 83.8 Å². The standard InChI is InChI=1S/C25H16ClN3OS/c26-18-7-5-6-16(12-18)14-28-15-17(19-8-1-3-10-21(19)28)13-23-24(30)29-22-11-4-2-9-20(22)27-25(29)31-23/h1-13,15H,14H2/b23-13+. The normalized spacial score (nSPS) is 12.5. The Morgan fingerprint density at radius 1 is 0.968 bits per heavy atom. The summed E-state index contributed by atoms with van der Waals surface area (Å²) in [7, 11) is 0. The van der Waals surface area contributed by atoms with Crippen molar-refractivity contribution in [1.82, 2.24) is 14.0 Å². The summed E-state index contributed by atoms with van der Waals surface area (Å²) in [6.07, 6.45) is 4.08. The number of halogens is 1. The second kappa shape index (κ2) is 7.08. The molecule has 0 aliphatic carbocycles. The molecule has 31 heavy (non-hydrogen) atoms. The number of rotatable bonds is 3. The first-order valence-electron chi connectivity index (χ1n) is 9.91. The van der Waals surface area contributed by atoms with E-state index in [1.165, 1.54) is 11.3 Å². The minimum atomic E-state index is -0.0274. The van der Waals surface area contributed by atoms with Crippen molar-refractivity contribution in [1.29, 1.82) is 0 Å². The van der Waals surface area contributed by atoms with E-state index < -0.39 is 0 Å². The lowest BCUT2D eigenvalue weighted by Crippen LogP contribution is -2.22. The molecule has 0 unspecified atom stereocenters. The van der Waals surface area contributed by atoms with Gasteiger partial charge in [-0.1, -0.05) is 65.4 Å². The maximum atomic E-state index is 13.2. The van der Waals surface area contributed by atoms with E-state index in [1.807, 2.05) is 60.7 Å². The Labute approximate surface area is 186 Å². The molecule has 0 amide bonds. The van der Waals surface area contributed by atoms with E-state index in [0.717, 1.165) is 43.0 Å². The van der Waals surface area contributed by atoms with E-state index in [1.54, 1.807) is 4.40 Å². The molecule has 150 valence electrons. The average Bonchev–Trinajstić information content (AvgIpc) is 3.40. The Kier molecular flexibility index (Phi) is 4.19.